The third-order valence-electron chi connectivity index (χ3n) is 5.51. The number of H-pyrrole nitrogens is 1. The van der Waals surface area contributed by atoms with Gasteiger partial charge in [0.15, 0.2) is 10.8 Å². The molecule has 1 amide bonds. The number of aromatic amines is 1. The third kappa shape index (κ3) is 3.74. The lowest BCUT2D eigenvalue weighted by Crippen LogP contribution is -2.36. The van der Waals surface area contributed by atoms with Crippen LogP contribution in [0.25, 0.3) is 16.7 Å². The van der Waals surface area contributed by atoms with Crippen LogP contribution in [0.15, 0.2) is 23.4 Å². The van der Waals surface area contributed by atoms with Crippen molar-refractivity contribution < 1.29 is 4.79 Å². The minimum atomic E-state index is -0.266. The largest absolute Gasteiger partial charge is 0.342 e. The van der Waals surface area contributed by atoms with Crippen LogP contribution in [0.1, 0.15) is 37.4 Å². The van der Waals surface area contributed by atoms with Gasteiger partial charge in [-0.1, -0.05) is 36.4 Å². The first-order valence-electron chi connectivity index (χ1n) is 10.1. The molecule has 9 heteroatoms. The number of nitrogens with zero attached hydrogens (tertiary/aromatic N) is 4. The van der Waals surface area contributed by atoms with E-state index in [1.165, 1.54) is 11.8 Å². The standard InChI is InChI=1S/C21H25ClN6OS/c1-4-16(20(29)27-9-5-6-10-27)30-21-24-19-17(13(3)25-26-19)18(23)28(21)15-11-14(22)8-7-12(15)2/h7-8,11,16,23H,4-6,9-10H2,1-3H3,(H,25,26)/t16-/m0/s1. The zero-order valence-electron chi connectivity index (χ0n) is 17.3. The fourth-order valence-electron chi connectivity index (χ4n) is 3.83. The molecule has 30 heavy (non-hydrogen) atoms. The Kier molecular flexibility index (Phi) is 5.88. The Morgan fingerprint density at radius 3 is 2.77 bits per heavy atom. The molecule has 1 aromatic carbocycles. The molecule has 1 aliphatic rings. The monoisotopic (exact) mass is 444 g/mol. The lowest BCUT2D eigenvalue weighted by Gasteiger charge is -2.23. The maximum Gasteiger partial charge on any atom is 0.236 e. The van der Waals surface area contributed by atoms with Crippen LogP contribution in [-0.2, 0) is 4.79 Å². The van der Waals surface area contributed by atoms with E-state index in [4.69, 9.17) is 22.0 Å². The molecule has 1 aliphatic heterocycles. The molecular weight excluding hydrogens is 420 g/mol. The summed E-state index contributed by atoms with van der Waals surface area (Å²) in [6.07, 6.45) is 2.80. The van der Waals surface area contributed by atoms with Gasteiger partial charge in [-0.3, -0.25) is 19.9 Å². The second-order valence-electron chi connectivity index (χ2n) is 7.60. The number of likely N-dealkylation sites (tertiary alicyclic amines) is 1. The van der Waals surface area contributed by atoms with Crippen LogP contribution < -0.4 is 5.49 Å². The van der Waals surface area contributed by atoms with Crippen LogP contribution in [0.3, 0.4) is 0 Å². The summed E-state index contributed by atoms with van der Waals surface area (Å²) in [4.78, 5) is 19.8. The van der Waals surface area contributed by atoms with Crippen molar-refractivity contribution in [2.24, 2.45) is 0 Å². The van der Waals surface area contributed by atoms with Gasteiger partial charge in [0.05, 0.1) is 16.3 Å². The highest BCUT2D eigenvalue weighted by Crippen LogP contribution is 2.30. The van der Waals surface area contributed by atoms with E-state index in [0.717, 1.165) is 42.9 Å². The number of benzene rings is 1. The number of aromatic nitrogens is 4. The number of hydrogen-bond acceptors (Lipinski definition) is 5. The lowest BCUT2D eigenvalue weighted by molar-refractivity contribution is -0.129. The molecular formula is C21H25ClN6OS. The smallest absolute Gasteiger partial charge is 0.236 e. The molecule has 2 aromatic heterocycles. The number of amides is 1. The Labute approximate surface area is 184 Å². The molecule has 7 nitrogen and oxygen atoms in total. The highest BCUT2D eigenvalue weighted by Gasteiger charge is 2.28. The van der Waals surface area contributed by atoms with E-state index in [0.29, 0.717) is 27.6 Å². The molecule has 1 fully saturated rings. The summed E-state index contributed by atoms with van der Waals surface area (Å²) in [7, 11) is 0. The molecule has 0 aliphatic carbocycles. The van der Waals surface area contributed by atoms with Crippen molar-refractivity contribution in [1.82, 2.24) is 24.6 Å². The van der Waals surface area contributed by atoms with Gasteiger partial charge >= 0.3 is 0 Å². The zero-order valence-corrected chi connectivity index (χ0v) is 18.9. The van der Waals surface area contributed by atoms with E-state index >= 15 is 0 Å². The minimum Gasteiger partial charge on any atom is -0.342 e. The van der Waals surface area contributed by atoms with Gasteiger partial charge in [0, 0.05) is 23.8 Å². The summed E-state index contributed by atoms with van der Waals surface area (Å²) < 4.78 is 1.79. The summed E-state index contributed by atoms with van der Waals surface area (Å²) in [5, 5.41) is 17.7. The molecule has 0 saturated carbocycles. The highest BCUT2D eigenvalue weighted by molar-refractivity contribution is 8.00. The number of thioether (sulfide) groups is 1. The van der Waals surface area contributed by atoms with Crippen LogP contribution in [0.5, 0.6) is 0 Å². The van der Waals surface area contributed by atoms with Crippen LogP contribution in [0.4, 0.5) is 0 Å². The molecule has 1 saturated heterocycles. The van der Waals surface area contributed by atoms with Crippen molar-refractivity contribution in [3.05, 3.63) is 40.0 Å². The summed E-state index contributed by atoms with van der Waals surface area (Å²) in [6.45, 7) is 7.50. The van der Waals surface area contributed by atoms with E-state index in [9.17, 15) is 4.79 Å². The van der Waals surface area contributed by atoms with Gasteiger partial charge < -0.3 is 4.90 Å². The van der Waals surface area contributed by atoms with Crippen molar-refractivity contribution in [1.29, 1.82) is 5.41 Å². The maximum absolute atomic E-state index is 13.1. The highest BCUT2D eigenvalue weighted by atomic mass is 35.5. The second kappa shape index (κ2) is 8.43. The van der Waals surface area contributed by atoms with Crippen molar-refractivity contribution >= 4 is 40.3 Å². The normalized spacial score (nSPS) is 15.1. The molecule has 158 valence electrons. The fraction of sp³-hybridized carbons (Fsp3) is 0.429. The van der Waals surface area contributed by atoms with Crippen LogP contribution >= 0.6 is 23.4 Å². The second-order valence-corrected chi connectivity index (χ2v) is 9.21. The van der Waals surface area contributed by atoms with Crippen molar-refractivity contribution in [3.63, 3.8) is 0 Å². The number of fused-ring (bicyclic) bond motifs is 1. The molecule has 0 unspecified atom stereocenters. The van der Waals surface area contributed by atoms with Crippen LogP contribution in [-0.4, -0.2) is 48.9 Å². The predicted octanol–water partition coefficient (Wildman–Crippen LogP) is 3.99. The van der Waals surface area contributed by atoms with Gasteiger partial charge in [0.1, 0.15) is 5.49 Å². The Morgan fingerprint density at radius 1 is 1.33 bits per heavy atom. The molecule has 0 spiro atoms. The number of hydrogen-bond donors (Lipinski definition) is 2. The number of carbonyl (C=O) groups excluding carboxylic acids is 1. The number of aryl methyl sites for hydroxylation is 2. The molecule has 0 bridgehead atoms. The predicted molar refractivity (Wildman–Crippen MR) is 119 cm³/mol. The molecule has 3 aromatic rings. The minimum absolute atomic E-state index is 0.140. The summed E-state index contributed by atoms with van der Waals surface area (Å²) in [5.74, 6) is 0.140. The van der Waals surface area contributed by atoms with E-state index in [-0.39, 0.29) is 16.6 Å². The Morgan fingerprint density at radius 2 is 2.07 bits per heavy atom. The molecule has 0 radical (unpaired) electrons. The van der Waals surface area contributed by atoms with Crippen molar-refractivity contribution in [3.8, 4) is 5.69 Å². The SMILES string of the molecule is CC[C@H](Sc1nc2n[nH]c(C)c2c(=N)n1-c1cc(Cl)ccc1C)C(=O)N1CCCC1. The van der Waals surface area contributed by atoms with Crippen molar-refractivity contribution in [2.75, 3.05) is 13.1 Å². The molecule has 3 heterocycles. The van der Waals surface area contributed by atoms with Crippen LogP contribution in [0.2, 0.25) is 5.02 Å². The van der Waals surface area contributed by atoms with E-state index in [1.54, 1.807) is 4.57 Å². The first-order chi connectivity index (χ1) is 14.4. The lowest BCUT2D eigenvalue weighted by atomic mass is 10.2. The summed E-state index contributed by atoms with van der Waals surface area (Å²) in [5.41, 5.74) is 3.31. The quantitative estimate of drug-likeness (QED) is 0.459. The van der Waals surface area contributed by atoms with Crippen molar-refractivity contribution in [2.45, 2.75) is 50.4 Å². The molecule has 4 rings (SSSR count). The number of rotatable bonds is 5. The van der Waals surface area contributed by atoms with E-state index in [2.05, 4.69) is 10.2 Å². The number of nitrogens with one attached hydrogen (secondary N) is 2. The average Bonchev–Trinajstić information content (AvgIpc) is 3.38. The molecule has 2 N–H and O–H groups in total. The fourth-order valence-corrected chi connectivity index (χ4v) is 5.10. The van der Waals surface area contributed by atoms with Gasteiger partial charge in [-0.15, -0.1) is 0 Å². The maximum atomic E-state index is 13.1. The number of carbonyl (C=O) groups is 1. The van der Waals surface area contributed by atoms with Gasteiger partial charge in [-0.05, 0) is 50.8 Å². The Bertz CT molecular complexity index is 1160. The van der Waals surface area contributed by atoms with Gasteiger partial charge in [-0.25, -0.2) is 4.98 Å². The molecule has 1 atom stereocenters. The van der Waals surface area contributed by atoms with E-state index < -0.39 is 0 Å². The Balaban J connectivity index is 1.87. The van der Waals surface area contributed by atoms with Gasteiger partial charge in [-0.2, -0.15) is 5.10 Å². The van der Waals surface area contributed by atoms with Crippen LogP contribution in [0, 0.1) is 19.3 Å². The zero-order chi connectivity index (χ0) is 21.4. The van der Waals surface area contributed by atoms with Gasteiger partial charge in [0.25, 0.3) is 0 Å². The summed E-state index contributed by atoms with van der Waals surface area (Å²) >= 11 is 7.69. The topological polar surface area (TPSA) is 90.7 Å². The number of halogens is 1. The summed E-state index contributed by atoms with van der Waals surface area (Å²) in [6, 6.07) is 5.60. The van der Waals surface area contributed by atoms with Gasteiger partial charge in [0.2, 0.25) is 5.91 Å². The first kappa shape index (κ1) is 20.9. The first-order valence-corrected chi connectivity index (χ1v) is 11.4. The average molecular weight is 445 g/mol. The Hall–Kier alpha value is -2.32. The third-order valence-corrected chi connectivity index (χ3v) is 7.04. The van der Waals surface area contributed by atoms with E-state index in [1.807, 2.05) is 43.9 Å².